The van der Waals surface area contributed by atoms with E-state index >= 15 is 0 Å². The van der Waals surface area contributed by atoms with Gasteiger partial charge in [0.15, 0.2) is 17.5 Å². The van der Waals surface area contributed by atoms with Crippen LogP contribution in [0.5, 0.6) is 0 Å². The number of hydrogen-bond donors (Lipinski definition) is 0. The molecular formula is C62H45N5O. The minimum atomic E-state index is 0.396. The minimum Gasteiger partial charge on any atom is -0.456 e. The molecule has 0 aliphatic heterocycles. The van der Waals surface area contributed by atoms with E-state index in [1.165, 1.54) is 41.1 Å². The van der Waals surface area contributed by atoms with Gasteiger partial charge in [0.1, 0.15) is 11.2 Å². The van der Waals surface area contributed by atoms with E-state index in [0.717, 1.165) is 96.1 Å². The van der Waals surface area contributed by atoms with Gasteiger partial charge in [-0.25, -0.2) is 15.0 Å². The lowest BCUT2D eigenvalue weighted by Crippen LogP contribution is -2.12. The third kappa shape index (κ3) is 6.96. The maximum absolute atomic E-state index is 6.88. The molecule has 1 aliphatic rings. The first-order valence-electron chi connectivity index (χ1n) is 23.7. The summed E-state index contributed by atoms with van der Waals surface area (Å²) in [6.07, 6.45) is 8.08. The molecular weight excluding hydrogens is 831 g/mol. The van der Waals surface area contributed by atoms with Crippen LogP contribution in [0.1, 0.15) is 38.1 Å². The summed E-state index contributed by atoms with van der Waals surface area (Å²) in [6, 6.07) is 70.7. The highest BCUT2D eigenvalue weighted by Gasteiger charge is 2.27. The van der Waals surface area contributed by atoms with Crippen LogP contribution in [0.25, 0.3) is 123 Å². The number of nitrogens with zero attached hydrogens (tertiary/aromatic N) is 5. The molecule has 1 aliphatic carbocycles. The highest BCUT2D eigenvalue weighted by atomic mass is 16.3. The van der Waals surface area contributed by atoms with E-state index in [2.05, 4.69) is 168 Å². The fourth-order valence-electron chi connectivity index (χ4n) is 10.6. The average Bonchev–Trinajstić information content (AvgIpc) is 3.98. The summed E-state index contributed by atoms with van der Waals surface area (Å²) in [5.74, 6) is 1.72. The summed E-state index contributed by atoms with van der Waals surface area (Å²) in [7, 11) is 0. The van der Waals surface area contributed by atoms with Gasteiger partial charge in [0.25, 0.3) is 0 Å². The number of furan rings is 1. The van der Waals surface area contributed by atoms with E-state index in [9.17, 15) is 0 Å². The number of benzene rings is 8. The standard InChI is InChI=1S/C62H45N5O/c1-6-19-40(20-7-1)44-35-45(41-21-8-2-9-22-41)37-46(36-44)47-38-52(62-65-60(42-23-10-3-11-24-42)64-61(66-62)43-25-12-4-13-26-43)58(63-39-47)51-30-18-32-54-56(51)57-55(68-54)34-33-50-49-29-16-17-31-53(49)67(59(50)57)48-27-14-5-15-28-48/h1-4,6-13,16-26,29-39,48H,5,14-15,27-28H2. The lowest BCUT2D eigenvalue weighted by Gasteiger charge is -2.25. The van der Waals surface area contributed by atoms with Crippen LogP contribution in [0.2, 0.25) is 0 Å². The van der Waals surface area contributed by atoms with E-state index in [1.54, 1.807) is 0 Å². The van der Waals surface area contributed by atoms with Gasteiger partial charge in [-0.2, -0.15) is 0 Å². The second-order valence-electron chi connectivity index (χ2n) is 18.0. The molecule has 68 heavy (non-hydrogen) atoms. The summed E-state index contributed by atoms with van der Waals surface area (Å²) in [6.45, 7) is 0. The quantitative estimate of drug-likeness (QED) is 0.152. The summed E-state index contributed by atoms with van der Waals surface area (Å²) < 4.78 is 9.52. The maximum Gasteiger partial charge on any atom is 0.166 e. The molecule has 6 heteroatoms. The van der Waals surface area contributed by atoms with E-state index in [4.69, 9.17) is 24.4 Å². The summed E-state index contributed by atoms with van der Waals surface area (Å²) >= 11 is 0. The number of rotatable bonds is 8. The molecule has 8 aromatic carbocycles. The molecule has 13 rings (SSSR count). The molecule has 4 aromatic heterocycles. The first kappa shape index (κ1) is 39.8. The molecule has 1 saturated carbocycles. The molecule has 0 bridgehead atoms. The Hall–Kier alpha value is -8.48. The highest BCUT2D eigenvalue weighted by Crippen LogP contribution is 2.47. The molecule has 1 fully saturated rings. The van der Waals surface area contributed by atoms with E-state index in [1.807, 2.05) is 42.6 Å². The summed E-state index contributed by atoms with van der Waals surface area (Å²) in [4.78, 5) is 21.3. The van der Waals surface area contributed by atoms with Crippen molar-refractivity contribution >= 4 is 43.7 Å². The lowest BCUT2D eigenvalue weighted by molar-refractivity contribution is 0.368. The Labute approximate surface area is 394 Å². The molecule has 0 radical (unpaired) electrons. The van der Waals surface area contributed by atoms with Crippen LogP contribution in [-0.4, -0.2) is 24.5 Å². The molecule has 6 nitrogen and oxygen atoms in total. The van der Waals surface area contributed by atoms with Crippen molar-refractivity contribution in [3.8, 4) is 78.8 Å². The minimum absolute atomic E-state index is 0.396. The molecule has 324 valence electrons. The number of para-hydroxylation sites is 1. The average molecular weight is 876 g/mol. The number of aromatic nitrogens is 5. The Balaban J connectivity index is 1.11. The number of fused-ring (bicyclic) bond motifs is 7. The Bertz CT molecular complexity index is 3700. The van der Waals surface area contributed by atoms with Crippen molar-refractivity contribution in [3.05, 3.63) is 206 Å². The van der Waals surface area contributed by atoms with Crippen molar-refractivity contribution in [2.24, 2.45) is 0 Å². The predicted molar refractivity (Wildman–Crippen MR) is 278 cm³/mol. The smallest absolute Gasteiger partial charge is 0.166 e. The zero-order valence-corrected chi connectivity index (χ0v) is 37.4. The monoisotopic (exact) mass is 875 g/mol. The number of pyridine rings is 1. The van der Waals surface area contributed by atoms with Gasteiger partial charge in [-0.3, -0.25) is 4.98 Å². The topological polar surface area (TPSA) is 69.6 Å². The van der Waals surface area contributed by atoms with Crippen molar-refractivity contribution in [3.63, 3.8) is 0 Å². The van der Waals surface area contributed by atoms with E-state index < -0.39 is 0 Å². The van der Waals surface area contributed by atoms with Gasteiger partial charge in [0, 0.05) is 61.7 Å². The molecule has 0 amide bonds. The van der Waals surface area contributed by atoms with Crippen LogP contribution in [0.15, 0.2) is 211 Å². The van der Waals surface area contributed by atoms with Crippen LogP contribution < -0.4 is 0 Å². The molecule has 0 spiro atoms. The SMILES string of the molecule is c1ccc(-c2cc(-c3ccccc3)cc(-c3cnc(-c4cccc5oc6ccc7c8ccccc8n(C8CCCCC8)c7c6c45)c(-c4nc(-c5ccccc5)nc(-c5ccccc5)n4)c3)c2)cc1. The van der Waals surface area contributed by atoms with Gasteiger partial charge in [-0.15, -0.1) is 0 Å². The Morgan fingerprint density at radius 2 is 0.941 bits per heavy atom. The van der Waals surface area contributed by atoms with Crippen molar-refractivity contribution in [1.29, 1.82) is 0 Å². The lowest BCUT2D eigenvalue weighted by atomic mass is 9.92. The van der Waals surface area contributed by atoms with Crippen molar-refractivity contribution in [1.82, 2.24) is 24.5 Å². The highest BCUT2D eigenvalue weighted by molar-refractivity contribution is 6.26. The zero-order valence-electron chi connectivity index (χ0n) is 37.4. The second-order valence-corrected chi connectivity index (χ2v) is 18.0. The molecule has 0 unspecified atom stereocenters. The second kappa shape index (κ2) is 16.7. The van der Waals surface area contributed by atoms with Crippen LogP contribution in [0, 0.1) is 0 Å². The van der Waals surface area contributed by atoms with E-state index in [0.29, 0.717) is 23.5 Å². The van der Waals surface area contributed by atoms with Crippen LogP contribution >= 0.6 is 0 Å². The predicted octanol–water partition coefficient (Wildman–Crippen LogP) is 16.4. The largest absolute Gasteiger partial charge is 0.456 e. The molecule has 0 N–H and O–H groups in total. The maximum atomic E-state index is 6.88. The Morgan fingerprint density at radius 3 is 1.57 bits per heavy atom. The zero-order chi connectivity index (χ0) is 45.0. The Kier molecular flexibility index (Phi) is 9.81. The fourth-order valence-corrected chi connectivity index (χ4v) is 10.6. The van der Waals surface area contributed by atoms with Gasteiger partial charge in [-0.05, 0) is 89.2 Å². The summed E-state index contributed by atoms with van der Waals surface area (Å²) in [5, 5.41) is 4.65. The fraction of sp³-hybridized carbons (Fsp3) is 0.0968. The van der Waals surface area contributed by atoms with Gasteiger partial charge in [0.2, 0.25) is 0 Å². The third-order valence-corrected chi connectivity index (χ3v) is 13.8. The molecule has 4 heterocycles. The first-order valence-corrected chi connectivity index (χ1v) is 23.7. The number of hydrogen-bond acceptors (Lipinski definition) is 5. The van der Waals surface area contributed by atoms with Crippen LogP contribution in [-0.2, 0) is 0 Å². The summed E-state index contributed by atoms with van der Waals surface area (Å²) in [5.41, 5.74) is 15.0. The van der Waals surface area contributed by atoms with Crippen LogP contribution in [0.4, 0.5) is 0 Å². The van der Waals surface area contributed by atoms with Gasteiger partial charge >= 0.3 is 0 Å². The molecule has 12 aromatic rings. The third-order valence-electron chi connectivity index (χ3n) is 13.8. The van der Waals surface area contributed by atoms with Gasteiger partial charge in [-0.1, -0.05) is 171 Å². The van der Waals surface area contributed by atoms with Gasteiger partial charge < -0.3 is 8.98 Å². The van der Waals surface area contributed by atoms with Crippen LogP contribution in [0.3, 0.4) is 0 Å². The Morgan fingerprint density at radius 1 is 0.397 bits per heavy atom. The molecule has 0 atom stereocenters. The van der Waals surface area contributed by atoms with Crippen molar-refractivity contribution in [2.75, 3.05) is 0 Å². The van der Waals surface area contributed by atoms with Gasteiger partial charge in [0.05, 0.1) is 16.6 Å². The first-order chi connectivity index (χ1) is 33.7. The normalized spacial score (nSPS) is 13.2. The molecule has 0 saturated heterocycles. The van der Waals surface area contributed by atoms with Crippen molar-refractivity contribution in [2.45, 2.75) is 38.1 Å². The van der Waals surface area contributed by atoms with Crippen molar-refractivity contribution < 1.29 is 4.42 Å². The van der Waals surface area contributed by atoms with E-state index in [-0.39, 0.29) is 0 Å².